The van der Waals surface area contributed by atoms with Gasteiger partial charge in [0.1, 0.15) is 0 Å². The largest absolute Gasteiger partial charge is 0.326 e. The van der Waals surface area contributed by atoms with E-state index in [9.17, 15) is 13.2 Å². The van der Waals surface area contributed by atoms with Gasteiger partial charge in [-0.1, -0.05) is 54.3 Å². The second-order valence-corrected chi connectivity index (χ2v) is 9.73. The molecule has 1 amide bonds. The minimum Gasteiger partial charge on any atom is -0.326 e. The van der Waals surface area contributed by atoms with Crippen LogP contribution in [-0.2, 0) is 14.8 Å². The maximum atomic E-state index is 12.6. The normalized spacial score (nSPS) is 11.0. The molecule has 0 aliphatic carbocycles. The Labute approximate surface area is 191 Å². The number of nitrogens with one attached hydrogen (secondary N) is 2. The second kappa shape index (κ2) is 9.79. The van der Waals surface area contributed by atoms with Gasteiger partial charge < -0.3 is 5.32 Å². The van der Waals surface area contributed by atoms with Crippen molar-refractivity contribution in [3.8, 4) is 11.8 Å². The van der Waals surface area contributed by atoms with E-state index in [0.717, 1.165) is 21.2 Å². The first-order chi connectivity index (χ1) is 15.5. The Morgan fingerprint density at radius 2 is 1.72 bits per heavy atom. The standard InChI is InChI=1S/C25H20N2O3S2/c28-25(27-22-8-3-5-19(17-22)10-12-23-9-4-16-31-23)14-15-26-32(29,30)24-13-11-20-6-1-2-7-21(20)18-24/h1-9,11,13,16-18,26H,14-15H2,(H,27,28). The van der Waals surface area contributed by atoms with Gasteiger partial charge in [-0.2, -0.15) is 0 Å². The highest BCUT2D eigenvalue weighted by Crippen LogP contribution is 2.19. The van der Waals surface area contributed by atoms with Gasteiger partial charge in [-0.3, -0.25) is 4.79 Å². The molecule has 0 aliphatic rings. The van der Waals surface area contributed by atoms with Crippen molar-refractivity contribution in [3.05, 3.63) is 94.7 Å². The van der Waals surface area contributed by atoms with Crippen LogP contribution < -0.4 is 10.0 Å². The molecule has 0 saturated heterocycles. The Bertz CT molecular complexity index is 1420. The first kappa shape index (κ1) is 21.8. The third-order valence-corrected chi connectivity index (χ3v) is 6.92. The van der Waals surface area contributed by atoms with E-state index in [1.54, 1.807) is 41.7 Å². The molecule has 0 bridgehead atoms. The van der Waals surface area contributed by atoms with Crippen LogP contribution in [0.1, 0.15) is 16.9 Å². The molecule has 2 N–H and O–H groups in total. The lowest BCUT2D eigenvalue weighted by Crippen LogP contribution is -2.27. The summed E-state index contributed by atoms with van der Waals surface area (Å²) in [6, 6.07) is 23.6. The van der Waals surface area contributed by atoms with Gasteiger partial charge in [-0.05, 0) is 52.6 Å². The van der Waals surface area contributed by atoms with Crippen LogP contribution in [-0.4, -0.2) is 20.9 Å². The number of benzene rings is 3. The quantitative estimate of drug-likeness (QED) is 0.413. The van der Waals surface area contributed by atoms with Crippen LogP contribution in [0, 0.1) is 11.8 Å². The Balaban J connectivity index is 1.33. The van der Waals surface area contributed by atoms with Gasteiger partial charge in [0.2, 0.25) is 15.9 Å². The molecule has 4 rings (SSSR count). The fourth-order valence-electron chi connectivity index (χ4n) is 3.10. The van der Waals surface area contributed by atoms with Crippen LogP contribution in [0.25, 0.3) is 10.8 Å². The maximum absolute atomic E-state index is 12.6. The number of anilines is 1. The van der Waals surface area contributed by atoms with Gasteiger partial charge in [0, 0.05) is 24.2 Å². The minimum atomic E-state index is -3.70. The zero-order valence-electron chi connectivity index (χ0n) is 17.0. The van der Waals surface area contributed by atoms with E-state index in [0.29, 0.717) is 5.69 Å². The number of rotatable bonds is 6. The van der Waals surface area contributed by atoms with Crippen LogP contribution in [0.3, 0.4) is 0 Å². The number of fused-ring (bicyclic) bond motifs is 1. The van der Waals surface area contributed by atoms with E-state index >= 15 is 0 Å². The number of carbonyl (C=O) groups is 1. The zero-order valence-corrected chi connectivity index (χ0v) is 18.7. The van der Waals surface area contributed by atoms with Gasteiger partial charge >= 0.3 is 0 Å². The van der Waals surface area contributed by atoms with Crippen LogP contribution in [0.15, 0.2) is 89.1 Å². The summed E-state index contributed by atoms with van der Waals surface area (Å²) in [6.07, 6.45) is 0.0118. The molecule has 0 fully saturated rings. The zero-order chi connectivity index (χ0) is 22.4. The average Bonchev–Trinajstić information content (AvgIpc) is 3.31. The first-order valence-electron chi connectivity index (χ1n) is 9.93. The summed E-state index contributed by atoms with van der Waals surface area (Å²) >= 11 is 1.57. The smallest absolute Gasteiger partial charge is 0.240 e. The Hall–Kier alpha value is -3.44. The van der Waals surface area contributed by atoms with Crippen LogP contribution in [0.2, 0.25) is 0 Å². The number of hydrogen-bond acceptors (Lipinski definition) is 4. The lowest BCUT2D eigenvalue weighted by molar-refractivity contribution is -0.116. The minimum absolute atomic E-state index is 0.00112. The van der Waals surface area contributed by atoms with Crippen molar-refractivity contribution in [2.75, 3.05) is 11.9 Å². The predicted molar refractivity (Wildman–Crippen MR) is 129 cm³/mol. The predicted octanol–water partition coefficient (Wildman–Crippen LogP) is 4.61. The van der Waals surface area contributed by atoms with Crippen molar-refractivity contribution >= 4 is 43.7 Å². The molecular weight excluding hydrogens is 440 g/mol. The van der Waals surface area contributed by atoms with Gasteiger partial charge in [0.25, 0.3) is 0 Å². The summed E-state index contributed by atoms with van der Waals surface area (Å²) in [4.78, 5) is 13.4. The van der Waals surface area contributed by atoms with E-state index in [1.807, 2.05) is 53.9 Å². The molecule has 1 heterocycles. The fraction of sp³-hybridized carbons (Fsp3) is 0.0800. The van der Waals surface area contributed by atoms with E-state index in [-0.39, 0.29) is 23.8 Å². The van der Waals surface area contributed by atoms with Crippen molar-refractivity contribution in [3.63, 3.8) is 0 Å². The number of amides is 1. The lowest BCUT2D eigenvalue weighted by Gasteiger charge is -2.09. The lowest BCUT2D eigenvalue weighted by atomic mass is 10.1. The summed E-state index contributed by atoms with van der Waals surface area (Å²) in [5.74, 6) is 5.87. The molecule has 32 heavy (non-hydrogen) atoms. The van der Waals surface area contributed by atoms with Crippen molar-refractivity contribution in [1.29, 1.82) is 0 Å². The van der Waals surface area contributed by atoms with Gasteiger partial charge in [-0.15, -0.1) is 11.3 Å². The highest BCUT2D eigenvalue weighted by molar-refractivity contribution is 7.89. The molecule has 5 nitrogen and oxygen atoms in total. The number of sulfonamides is 1. The van der Waals surface area contributed by atoms with Crippen molar-refractivity contribution < 1.29 is 13.2 Å². The number of thiophene rings is 1. The molecule has 160 valence electrons. The first-order valence-corrected chi connectivity index (χ1v) is 12.3. The van der Waals surface area contributed by atoms with Gasteiger partial charge in [0.05, 0.1) is 9.77 Å². The summed E-state index contributed by atoms with van der Waals surface area (Å²) in [5.41, 5.74) is 1.40. The molecule has 0 spiro atoms. The Morgan fingerprint density at radius 1 is 0.875 bits per heavy atom. The van der Waals surface area contributed by atoms with Crippen molar-refractivity contribution in [2.45, 2.75) is 11.3 Å². The Kier molecular flexibility index (Phi) is 6.66. The van der Waals surface area contributed by atoms with Crippen molar-refractivity contribution in [2.24, 2.45) is 0 Å². The van der Waals surface area contributed by atoms with E-state index in [1.165, 1.54) is 0 Å². The molecule has 0 radical (unpaired) electrons. The summed E-state index contributed by atoms with van der Waals surface area (Å²) in [7, 11) is -3.70. The highest BCUT2D eigenvalue weighted by atomic mass is 32.2. The van der Waals surface area contributed by atoms with Gasteiger partial charge in [-0.25, -0.2) is 13.1 Å². The second-order valence-electron chi connectivity index (χ2n) is 7.01. The number of hydrogen-bond donors (Lipinski definition) is 2. The van der Waals surface area contributed by atoms with E-state index in [2.05, 4.69) is 21.9 Å². The summed E-state index contributed by atoms with van der Waals surface area (Å²) < 4.78 is 27.6. The monoisotopic (exact) mass is 460 g/mol. The molecular formula is C25H20N2O3S2. The maximum Gasteiger partial charge on any atom is 0.240 e. The third-order valence-electron chi connectivity index (χ3n) is 4.67. The van der Waals surface area contributed by atoms with Crippen LogP contribution in [0.5, 0.6) is 0 Å². The van der Waals surface area contributed by atoms with Crippen LogP contribution >= 0.6 is 11.3 Å². The topological polar surface area (TPSA) is 75.3 Å². The highest BCUT2D eigenvalue weighted by Gasteiger charge is 2.14. The molecule has 1 aromatic heterocycles. The third kappa shape index (κ3) is 5.62. The van der Waals surface area contributed by atoms with Crippen LogP contribution in [0.4, 0.5) is 5.69 Å². The SMILES string of the molecule is O=C(CCNS(=O)(=O)c1ccc2ccccc2c1)Nc1cccc(C#Cc2cccs2)c1. The molecule has 0 saturated carbocycles. The summed E-state index contributed by atoms with van der Waals surface area (Å²) in [6.45, 7) is -0.00112. The Morgan fingerprint density at radius 3 is 2.53 bits per heavy atom. The van der Waals surface area contributed by atoms with Crippen molar-refractivity contribution in [1.82, 2.24) is 4.72 Å². The van der Waals surface area contributed by atoms with E-state index in [4.69, 9.17) is 0 Å². The summed E-state index contributed by atoms with van der Waals surface area (Å²) in [5, 5.41) is 6.56. The molecule has 4 aromatic rings. The average molecular weight is 461 g/mol. The van der Waals surface area contributed by atoms with Gasteiger partial charge in [0.15, 0.2) is 0 Å². The molecule has 0 aliphatic heterocycles. The molecule has 0 unspecified atom stereocenters. The fourth-order valence-corrected chi connectivity index (χ4v) is 4.74. The molecule has 0 atom stereocenters. The molecule has 3 aromatic carbocycles. The number of carbonyl (C=O) groups excluding carboxylic acids is 1. The van der Waals surface area contributed by atoms with E-state index < -0.39 is 10.0 Å². The molecule has 7 heteroatoms.